The standard InChI is InChI=1S/C38H40N4O4S/c43-36(44)17-21-47-25-26-8-6-11-28(22-26)37(45)41-34-15-14-30(42-19-4-1-5-20-42)24-32(34)35-23-29(16-18-39-35)38(46)40-33-13-7-10-27-9-2-3-12-31(27)33/h2-3,6,8-9,11-12,14-16,18,22-24,33H,1,4-5,7,10,13,17,19-21,25H2,(H,40,46)(H,41,45)(H,43,44). The Hall–Kier alpha value is -4.63. The van der Waals surface area contributed by atoms with Crippen molar-refractivity contribution in [3.63, 3.8) is 0 Å². The molecule has 1 aliphatic carbocycles. The highest BCUT2D eigenvalue weighted by molar-refractivity contribution is 7.98. The number of fused-ring (bicyclic) bond motifs is 1. The van der Waals surface area contributed by atoms with Gasteiger partial charge in [-0.1, -0.05) is 36.4 Å². The van der Waals surface area contributed by atoms with E-state index in [9.17, 15) is 14.4 Å². The Kier molecular flexibility index (Phi) is 10.5. The third-order valence-electron chi connectivity index (χ3n) is 8.86. The highest BCUT2D eigenvalue weighted by Crippen LogP contribution is 2.34. The largest absolute Gasteiger partial charge is 0.481 e. The van der Waals surface area contributed by atoms with E-state index in [0.29, 0.717) is 34.0 Å². The van der Waals surface area contributed by atoms with Crippen LogP contribution in [0.15, 0.2) is 85.1 Å². The van der Waals surface area contributed by atoms with E-state index in [4.69, 9.17) is 5.11 Å². The summed E-state index contributed by atoms with van der Waals surface area (Å²) in [5.74, 6) is -0.0832. The average molecular weight is 649 g/mol. The summed E-state index contributed by atoms with van der Waals surface area (Å²) >= 11 is 1.53. The van der Waals surface area contributed by atoms with Crippen LogP contribution in [0.2, 0.25) is 0 Å². The van der Waals surface area contributed by atoms with Gasteiger partial charge in [0.25, 0.3) is 11.8 Å². The first-order valence-corrected chi connectivity index (χ1v) is 17.5. The number of carbonyl (C=O) groups is 3. The van der Waals surface area contributed by atoms with E-state index in [1.165, 1.54) is 29.3 Å². The van der Waals surface area contributed by atoms with Crippen molar-refractivity contribution >= 4 is 40.9 Å². The number of benzene rings is 3. The van der Waals surface area contributed by atoms with Crippen LogP contribution in [0.3, 0.4) is 0 Å². The van der Waals surface area contributed by atoms with E-state index in [0.717, 1.165) is 62.0 Å². The number of nitrogens with one attached hydrogen (secondary N) is 2. The van der Waals surface area contributed by atoms with Crippen molar-refractivity contribution in [1.82, 2.24) is 10.3 Å². The zero-order chi connectivity index (χ0) is 32.6. The first-order chi connectivity index (χ1) is 22.9. The zero-order valence-electron chi connectivity index (χ0n) is 26.4. The van der Waals surface area contributed by atoms with Gasteiger partial charge in [0.2, 0.25) is 0 Å². The number of pyridine rings is 1. The lowest BCUT2D eigenvalue weighted by atomic mass is 9.87. The molecule has 0 bridgehead atoms. The van der Waals surface area contributed by atoms with Crippen LogP contribution >= 0.6 is 11.8 Å². The molecule has 2 aliphatic rings. The topological polar surface area (TPSA) is 112 Å². The fraction of sp³-hybridized carbons (Fsp3) is 0.316. The smallest absolute Gasteiger partial charge is 0.304 e. The first-order valence-electron chi connectivity index (χ1n) is 16.4. The summed E-state index contributed by atoms with van der Waals surface area (Å²) in [7, 11) is 0. The summed E-state index contributed by atoms with van der Waals surface area (Å²) in [5, 5.41) is 15.3. The van der Waals surface area contributed by atoms with Gasteiger partial charge in [0.05, 0.1) is 23.8 Å². The lowest BCUT2D eigenvalue weighted by Gasteiger charge is -2.29. The summed E-state index contributed by atoms with van der Waals surface area (Å²) in [4.78, 5) is 45.0. The van der Waals surface area contributed by atoms with E-state index >= 15 is 0 Å². The lowest BCUT2D eigenvalue weighted by Crippen LogP contribution is -2.31. The maximum Gasteiger partial charge on any atom is 0.304 e. The molecule has 1 aromatic heterocycles. The summed E-state index contributed by atoms with van der Waals surface area (Å²) in [6, 6.07) is 25.3. The Morgan fingerprint density at radius 3 is 2.55 bits per heavy atom. The number of nitrogens with zero attached hydrogens (tertiary/aromatic N) is 2. The molecule has 1 aliphatic heterocycles. The van der Waals surface area contributed by atoms with Crippen molar-refractivity contribution < 1.29 is 19.5 Å². The van der Waals surface area contributed by atoms with Gasteiger partial charge in [-0.15, -0.1) is 0 Å². The summed E-state index contributed by atoms with van der Waals surface area (Å²) in [6.45, 7) is 1.95. The number of aryl methyl sites for hydroxylation is 1. The number of hydrogen-bond acceptors (Lipinski definition) is 6. The second kappa shape index (κ2) is 15.3. The van der Waals surface area contributed by atoms with Gasteiger partial charge in [-0.05, 0) is 97.7 Å². The highest BCUT2D eigenvalue weighted by atomic mass is 32.2. The molecule has 0 radical (unpaired) electrons. The number of rotatable bonds is 11. The molecule has 3 aromatic carbocycles. The number of piperidine rings is 1. The molecule has 47 heavy (non-hydrogen) atoms. The van der Waals surface area contributed by atoms with Crippen molar-refractivity contribution in [3.05, 3.63) is 113 Å². The predicted octanol–water partition coefficient (Wildman–Crippen LogP) is 7.51. The average Bonchev–Trinajstić information content (AvgIpc) is 3.11. The summed E-state index contributed by atoms with van der Waals surface area (Å²) in [5.41, 5.74) is 7.50. The molecule has 1 atom stereocenters. The van der Waals surface area contributed by atoms with Crippen LogP contribution in [0, 0.1) is 0 Å². The number of carbonyl (C=O) groups excluding carboxylic acids is 2. The maximum absolute atomic E-state index is 13.6. The normalized spacial score (nSPS) is 15.8. The van der Waals surface area contributed by atoms with E-state index in [1.54, 1.807) is 18.3 Å². The third kappa shape index (κ3) is 8.21. The van der Waals surface area contributed by atoms with Gasteiger partial charge in [-0.3, -0.25) is 19.4 Å². The van der Waals surface area contributed by atoms with Gasteiger partial charge >= 0.3 is 5.97 Å². The molecule has 1 saturated heterocycles. The molecular weight excluding hydrogens is 609 g/mol. The van der Waals surface area contributed by atoms with Gasteiger partial charge < -0.3 is 20.6 Å². The number of aromatic nitrogens is 1. The summed E-state index contributed by atoms with van der Waals surface area (Å²) in [6.07, 6.45) is 8.21. The fourth-order valence-corrected chi connectivity index (χ4v) is 7.29. The fourth-order valence-electron chi connectivity index (χ4n) is 6.41. The van der Waals surface area contributed by atoms with Crippen molar-refractivity contribution in [2.45, 2.75) is 56.7 Å². The van der Waals surface area contributed by atoms with Crippen LogP contribution in [0.1, 0.15) is 82.0 Å². The van der Waals surface area contributed by atoms with E-state index < -0.39 is 5.97 Å². The van der Waals surface area contributed by atoms with Crippen LogP contribution in [-0.2, 0) is 17.0 Å². The minimum absolute atomic E-state index is 0.0346. The number of aliphatic carboxylic acids is 1. The van der Waals surface area contributed by atoms with Crippen LogP contribution in [0.4, 0.5) is 11.4 Å². The van der Waals surface area contributed by atoms with Crippen molar-refractivity contribution in [2.75, 3.05) is 29.1 Å². The maximum atomic E-state index is 13.6. The summed E-state index contributed by atoms with van der Waals surface area (Å²) < 4.78 is 0. The van der Waals surface area contributed by atoms with Crippen molar-refractivity contribution in [2.24, 2.45) is 0 Å². The van der Waals surface area contributed by atoms with Gasteiger partial charge in [0.15, 0.2) is 0 Å². The molecule has 0 saturated carbocycles. The monoisotopic (exact) mass is 648 g/mol. The lowest BCUT2D eigenvalue weighted by molar-refractivity contribution is -0.136. The minimum Gasteiger partial charge on any atom is -0.481 e. The van der Waals surface area contributed by atoms with Crippen LogP contribution in [0.25, 0.3) is 11.3 Å². The van der Waals surface area contributed by atoms with E-state index in [2.05, 4.69) is 38.7 Å². The second-order valence-electron chi connectivity index (χ2n) is 12.2. The zero-order valence-corrected chi connectivity index (χ0v) is 27.2. The van der Waals surface area contributed by atoms with Crippen LogP contribution < -0.4 is 15.5 Å². The Labute approximate surface area is 280 Å². The van der Waals surface area contributed by atoms with Crippen molar-refractivity contribution in [1.29, 1.82) is 0 Å². The second-order valence-corrected chi connectivity index (χ2v) is 13.3. The number of carboxylic acids is 1. The predicted molar refractivity (Wildman–Crippen MR) is 188 cm³/mol. The molecule has 2 amide bonds. The molecule has 9 heteroatoms. The number of hydrogen-bond donors (Lipinski definition) is 3. The number of carboxylic acid groups (broad SMARTS) is 1. The Morgan fingerprint density at radius 1 is 0.872 bits per heavy atom. The van der Waals surface area contributed by atoms with Gasteiger partial charge in [0, 0.05) is 53.2 Å². The molecule has 4 aromatic rings. The molecule has 3 N–H and O–H groups in total. The molecule has 2 heterocycles. The number of amides is 2. The van der Waals surface area contributed by atoms with E-state index in [1.807, 2.05) is 48.5 Å². The van der Waals surface area contributed by atoms with Gasteiger partial charge in [0.1, 0.15) is 0 Å². The quantitative estimate of drug-likeness (QED) is 0.144. The number of thioether (sulfide) groups is 1. The van der Waals surface area contributed by atoms with Crippen LogP contribution in [0.5, 0.6) is 0 Å². The van der Waals surface area contributed by atoms with Crippen molar-refractivity contribution in [3.8, 4) is 11.3 Å². The Morgan fingerprint density at radius 2 is 1.70 bits per heavy atom. The Bertz CT molecular complexity index is 1750. The molecule has 242 valence electrons. The number of anilines is 2. The van der Waals surface area contributed by atoms with Gasteiger partial charge in [-0.2, -0.15) is 11.8 Å². The molecule has 1 fully saturated rings. The molecule has 0 spiro atoms. The SMILES string of the molecule is O=C(O)CCSCc1cccc(C(=O)Nc2ccc(N3CCCCC3)cc2-c2cc(C(=O)NC3CCCc4ccccc43)ccn2)c1. The van der Waals surface area contributed by atoms with Crippen LogP contribution in [-0.4, -0.2) is 46.7 Å². The Balaban J connectivity index is 1.25. The molecule has 6 rings (SSSR count). The first kappa shape index (κ1) is 32.3. The molecular formula is C38H40N4O4S. The van der Waals surface area contributed by atoms with E-state index in [-0.39, 0.29) is 24.3 Å². The third-order valence-corrected chi connectivity index (χ3v) is 9.89. The molecule has 1 unspecified atom stereocenters. The highest BCUT2D eigenvalue weighted by Gasteiger charge is 2.23. The molecule has 8 nitrogen and oxygen atoms in total. The van der Waals surface area contributed by atoms with Gasteiger partial charge in [-0.25, -0.2) is 0 Å². The minimum atomic E-state index is -0.816.